The van der Waals surface area contributed by atoms with Crippen LogP contribution >= 0.6 is 0 Å². The number of carbonyl (C=O) groups is 2. The van der Waals surface area contributed by atoms with E-state index in [9.17, 15) is 14.0 Å². The first-order valence-electron chi connectivity index (χ1n) is 8.65. The summed E-state index contributed by atoms with van der Waals surface area (Å²) in [7, 11) is 3.07. The van der Waals surface area contributed by atoms with Gasteiger partial charge in [0.2, 0.25) is 11.8 Å². The van der Waals surface area contributed by atoms with Gasteiger partial charge in [0.15, 0.2) is 11.6 Å². The van der Waals surface area contributed by atoms with E-state index >= 15 is 0 Å². The van der Waals surface area contributed by atoms with Gasteiger partial charge >= 0.3 is 0 Å². The van der Waals surface area contributed by atoms with Gasteiger partial charge in [-0.1, -0.05) is 13.0 Å². The number of ether oxygens (including phenoxy) is 1. The van der Waals surface area contributed by atoms with Crippen LogP contribution in [0.4, 0.5) is 4.39 Å². The molecule has 0 aliphatic rings. The molecule has 1 aromatic rings. The van der Waals surface area contributed by atoms with Crippen molar-refractivity contribution in [2.45, 2.75) is 39.8 Å². The molecule has 7 heteroatoms. The third kappa shape index (κ3) is 7.39. The largest absolute Gasteiger partial charge is 0.494 e. The number of rotatable bonds is 8. The van der Waals surface area contributed by atoms with E-state index in [2.05, 4.69) is 5.32 Å². The van der Waals surface area contributed by atoms with Crippen molar-refractivity contribution in [3.05, 3.63) is 29.6 Å². The zero-order chi connectivity index (χ0) is 19.9. The topological polar surface area (TPSA) is 61.9 Å². The first-order chi connectivity index (χ1) is 12.1. The fraction of sp³-hybridized carbons (Fsp3) is 0.579. The Hall–Kier alpha value is -2.15. The van der Waals surface area contributed by atoms with Crippen LogP contribution in [0.1, 0.15) is 33.3 Å². The monoisotopic (exact) mass is 367 g/mol. The molecule has 0 heterocycles. The predicted octanol–water partition coefficient (Wildman–Crippen LogP) is 2.03. The molecular formula is C19H30FN3O3. The summed E-state index contributed by atoms with van der Waals surface area (Å²) < 4.78 is 18.7. The van der Waals surface area contributed by atoms with Gasteiger partial charge in [0.05, 0.1) is 20.2 Å². The number of nitrogens with zero attached hydrogens (tertiary/aromatic N) is 2. The minimum atomic E-state index is -0.458. The average molecular weight is 367 g/mol. The molecule has 146 valence electrons. The summed E-state index contributed by atoms with van der Waals surface area (Å²) in [4.78, 5) is 27.8. The van der Waals surface area contributed by atoms with E-state index in [1.165, 1.54) is 24.1 Å². The molecule has 26 heavy (non-hydrogen) atoms. The van der Waals surface area contributed by atoms with Crippen molar-refractivity contribution in [2.24, 2.45) is 0 Å². The predicted molar refractivity (Wildman–Crippen MR) is 99.4 cm³/mol. The Kier molecular flexibility index (Phi) is 8.02. The van der Waals surface area contributed by atoms with Crippen molar-refractivity contribution in [3.63, 3.8) is 0 Å². The number of halogens is 1. The summed E-state index contributed by atoms with van der Waals surface area (Å²) in [5.41, 5.74) is 0.364. The molecule has 2 amide bonds. The Bertz CT molecular complexity index is 629. The number of benzene rings is 1. The van der Waals surface area contributed by atoms with Crippen LogP contribution < -0.4 is 10.1 Å². The van der Waals surface area contributed by atoms with Gasteiger partial charge in [-0.2, -0.15) is 0 Å². The summed E-state index contributed by atoms with van der Waals surface area (Å²) >= 11 is 0. The average Bonchev–Trinajstić information content (AvgIpc) is 2.52. The summed E-state index contributed by atoms with van der Waals surface area (Å²) in [6, 6.07) is 4.62. The van der Waals surface area contributed by atoms with Crippen molar-refractivity contribution in [3.8, 4) is 5.75 Å². The van der Waals surface area contributed by atoms with Crippen LogP contribution in [0.25, 0.3) is 0 Å². The van der Waals surface area contributed by atoms with Crippen molar-refractivity contribution >= 4 is 11.8 Å². The first kappa shape index (κ1) is 21.9. The number of methoxy groups -OCH3 is 1. The fourth-order valence-electron chi connectivity index (χ4n) is 2.42. The van der Waals surface area contributed by atoms with E-state index in [4.69, 9.17) is 4.74 Å². The second kappa shape index (κ2) is 9.52. The SMILES string of the molecule is CCN(CC(=O)NC(C)(C)C)CC(=O)N(C)Cc1ccc(OC)c(F)c1. The lowest BCUT2D eigenvalue weighted by molar-refractivity contribution is -0.132. The van der Waals surface area contributed by atoms with Crippen LogP contribution in [0.15, 0.2) is 18.2 Å². The Morgan fingerprint density at radius 1 is 1.23 bits per heavy atom. The first-order valence-corrected chi connectivity index (χ1v) is 8.65. The zero-order valence-corrected chi connectivity index (χ0v) is 16.6. The molecule has 0 atom stereocenters. The Morgan fingerprint density at radius 3 is 2.38 bits per heavy atom. The van der Waals surface area contributed by atoms with Crippen LogP contribution in [-0.4, -0.2) is 60.9 Å². The van der Waals surface area contributed by atoms with Crippen LogP contribution in [0, 0.1) is 5.82 Å². The van der Waals surface area contributed by atoms with E-state index in [0.717, 1.165) is 0 Å². The van der Waals surface area contributed by atoms with Crippen molar-refractivity contribution < 1.29 is 18.7 Å². The lowest BCUT2D eigenvalue weighted by Crippen LogP contribution is -2.48. The minimum Gasteiger partial charge on any atom is -0.494 e. The van der Waals surface area contributed by atoms with E-state index in [1.54, 1.807) is 18.0 Å². The van der Waals surface area contributed by atoms with Gasteiger partial charge in [0, 0.05) is 19.1 Å². The van der Waals surface area contributed by atoms with Crippen LogP contribution in [-0.2, 0) is 16.1 Å². The maximum absolute atomic E-state index is 13.8. The Morgan fingerprint density at radius 2 is 1.88 bits per heavy atom. The molecule has 0 radical (unpaired) electrons. The number of nitrogens with one attached hydrogen (secondary N) is 1. The molecule has 0 unspecified atom stereocenters. The van der Waals surface area contributed by atoms with Gasteiger partial charge in [-0.15, -0.1) is 0 Å². The van der Waals surface area contributed by atoms with E-state index in [0.29, 0.717) is 12.1 Å². The van der Waals surface area contributed by atoms with Gasteiger partial charge in [-0.3, -0.25) is 14.5 Å². The number of hydrogen-bond acceptors (Lipinski definition) is 4. The van der Waals surface area contributed by atoms with Crippen LogP contribution in [0.3, 0.4) is 0 Å². The normalized spacial score (nSPS) is 11.4. The summed E-state index contributed by atoms with van der Waals surface area (Å²) in [5, 5.41) is 2.88. The molecule has 0 saturated heterocycles. The lowest BCUT2D eigenvalue weighted by Gasteiger charge is -2.26. The molecule has 6 nitrogen and oxygen atoms in total. The van der Waals surface area contributed by atoms with Gasteiger partial charge in [0.25, 0.3) is 0 Å². The third-order valence-corrected chi connectivity index (χ3v) is 3.75. The van der Waals surface area contributed by atoms with E-state index < -0.39 is 5.82 Å². The third-order valence-electron chi connectivity index (χ3n) is 3.75. The van der Waals surface area contributed by atoms with Crippen molar-refractivity contribution in [1.29, 1.82) is 0 Å². The molecule has 1 aromatic carbocycles. The second-order valence-corrected chi connectivity index (χ2v) is 7.32. The molecule has 0 aliphatic heterocycles. The fourth-order valence-corrected chi connectivity index (χ4v) is 2.42. The summed E-state index contributed by atoms with van der Waals surface area (Å²) in [6.45, 7) is 8.78. The maximum Gasteiger partial charge on any atom is 0.236 e. The van der Waals surface area contributed by atoms with Crippen molar-refractivity contribution in [2.75, 3.05) is 33.8 Å². The molecular weight excluding hydrogens is 337 g/mol. The second-order valence-electron chi connectivity index (χ2n) is 7.32. The van der Waals surface area contributed by atoms with Crippen LogP contribution in [0.2, 0.25) is 0 Å². The van der Waals surface area contributed by atoms with Gasteiger partial charge in [-0.25, -0.2) is 4.39 Å². The van der Waals surface area contributed by atoms with Crippen molar-refractivity contribution in [1.82, 2.24) is 15.1 Å². The smallest absolute Gasteiger partial charge is 0.236 e. The van der Waals surface area contributed by atoms with Gasteiger partial charge < -0.3 is 15.0 Å². The number of likely N-dealkylation sites (N-methyl/N-ethyl adjacent to an activating group) is 2. The number of carbonyl (C=O) groups excluding carboxylic acids is 2. The van der Waals surface area contributed by atoms with Gasteiger partial charge in [-0.05, 0) is 45.0 Å². The molecule has 0 aliphatic carbocycles. The van der Waals surface area contributed by atoms with Crippen LogP contribution in [0.5, 0.6) is 5.75 Å². The minimum absolute atomic E-state index is 0.118. The Labute approximate surface area is 155 Å². The maximum atomic E-state index is 13.8. The highest BCUT2D eigenvalue weighted by molar-refractivity contribution is 5.81. The molecule has 0 saturated carbocycles. The molecule has 1 rings (SSSR count). The summed E-state index contributed by atoms with van der Waals surface area (Å²) in [6.07, 6.45) is 0. The lowest BCUT2D eigenvalue weighted by atomic mass is 10.1. The Balaban J connectivity index is 2.61. The highest BCUT2D eigenvalue weighted by Crippen LogP contribution is 2.18. The number of amides is 2. The molecule has 0 bridgehead atoms. The molecule has 0 aromatic heterocycles. The molecule has 0 fully saturated rings. The zero-order valence-electron chi connectivity index (χ0n) is 16.6. The van der Waals surface area contributed by atoms with Gasteiger partial charge in [0.1, 0.15) is 0 Å². The summed E-state index contributed by atoms with van der Waals surface area (Å²) in [5.74, 6) is -0.539. The van der Waals surface area contributed by atoms with E-state index in [1.807, 2.05) is 27.7 Å². The van der Waals surface area contributed by atoms with E-state index in [-0.39, 0.29) is 42.7 Å². The highest BCUT2D eigenvalue weighted by atomic mass is 19.1. The number of hydrogen-bond donors (Lipinski definition) is 1. The highest BCUT2D eigenvalue weighted by Gasteiger charge is 2.19. The standard InChI is InChI=1S/C19H30FN3O3/c1-7-23(12-17(24)21-19(2,3)4)13-18(25)22(5)11-14-8-9-16(26-6)15(20)10-14/h8-10H,7,11-13H2,1-6H3,(H,21,24). The quantitative estimate of drug-likeness (QED) is 0.764. The molecule has 0 spiro atoms. The molecule has 1 N–H and O–H groups in total.